The molecule has 0 aliphatic carbocycles. The third-order valence-corrected chi connectivity index (χ3v) is 6.77. The second kappa shape index (κ2) is 8.62. The van der Waals surface area contributed by atoms with Crippen LogP contribution in [0.4, 0.5) is 5.95 Å². The van der Waals surface area contributed by atoms with Crippen LogP contribution in [0.5, 0.6) is 5.88 Å². The average Bonchev–Trinajstić information content (AvgIpc) is 3.07. The van der Waals surface area contributed by atoms with Crippen molar-refractivity contribution < 1.29 is 14.3 Å². The second-order valence-electron chi connectivity index (χ2n) is 7.65. The number of esters is 1. The number of ether oxygens (including phenoxy) is 2. The Balaban J connectivity index is 1.40. The minimum Gasteiger partial charge on any atom is -0.481 e. The number of aromatic amines is 1. The van der Waals surface area contributed by atoms with Gasteiger partial charge in [-0.05, 0) is 39.2 Å². The van der Waals surface area contributed by atoms with Crippen LogP contribution in [0.15, 0.2) is 17.1 Å². The number of carbonyl (C=O) groups excluding carboxylic acids is 1. The van der Waals surface area contributed by atoms with Crippen LogP contribution in [0.2, 0.25) is 0 Å². The molecular formula is C21H25N5O4S. The smallest absolute Gasteiger partial charge is 0.309 e. The third kappa shape index (κ3) is 4.25. The molecule has 3 aromatic heterocycles. The molecule has 1 atom stereocenters. The van der Waals surface area contributed by atoms with Crippen molar-refractivity contribution in [3.05, 3.63) is 38.9 Å². The number of piperidine rings is 1. The van der Waals surface area contributed by atoms with Gasteiger partial charge in [0.1, 0.15) is 4.83 Å². The molecule has 3 aromatic rings. The molecule has 1 unspecified atom stereocenters. The number of nitrogens with one attached hydrogen (secondary N) is 1. The topological polar surface area (TPSA) is 110 Å². The quantitative estimate of drug-likeness (QED) is 0.600. The van der Waals surface area contributed by atoms with E-state index in [-0.39, 0.29) is 17.4 Å². The number of nitrogens with zero attached hydrogens (tertiary/aromatic N) is 4. The molecule has 0 bridgehead atoms. The lowest BCUT2D eigenvalue weighted by atomic mass is 9.97. The molecule has 164 valence electrons. The van der Waals surface area contributed by atoms with Crippen molar-refractivity contribution in [1.29, 1.82) is 0 Å². The van der Waals surface area contributed by atoms with E-state index in [1.165, 1.54) is 11.3 Å². The number of hydrogen-bond acceptors (Lipinski definition) is 9. The molecule has 0 spiro atoms. The molecule has 1 N–H and O–H groups in total. The Hall–Kier alpha value is -3.01. The van der Waals surface area contributed by atoms with Crippen molar-refractivity contribution in [2.75, 3.05) is 25.1 Å². The van der Waals surface area contributed by atoms with E-state index in [4.69, 9.17) is 9.47 Å². The average molecular weight is 444 g/mol. The second-order valence-corrected chi connectivity index (χ2v) is 8.86. The zero-order valence-electron chi connectivity index (χ0n) is 18.0. The molecule has 4 heterocycles. The van der Waals surface area contributed by atoms with Crippen LogP contribution in [0, 0.1) is 19.8 Å². The molecule has 4 rings (SSSR count). The van der Waals surface area contributed by atoms with E-state index in [0.717, 1.165) is 10.4 Å². The van der Waals surface area contributed by atoms with E-state index in [0.29, 0.717) is 53.8 Å². The van der Waals surface area contributed by atoms with Crippen LogP contribution in [-0.2, 0) is 9.53 Å². The Kier molecular flexibility index (Phi) is 5.90. The molecule has 1 saturated heterocycles. The predicted octanol–water partition coefficient (Wildman–Crippen LogP) is 2.92. The Bertz CT molecular complexity index is 1170. The fourth-order valence-corrected chi connectivity index (χ4v) is 4.74. The Morgan fingerprint density at radius 2 is 2.03 bits per heavy atom. The van der Waals surface area contributed by atoms with Crippen molar-refractivity contribution in [3.63, 3.8) is 0 Å². The molecule has 31 heavy (non-hydrogen) atoms. The Morgan fingerprint density at radius 3 is 2.74 bits per heavy atom. The van der Waals surface area contributed by atoms with E-state index >= 15 is 0 Å². The summed E-state index contributed by atoms with van der Waals surface area (Å²) in [6.45, 7) is 6.91. The summed E-state index contributed by atoms with van der Waals surface area (Å²) in [6, 6.07) is 1.70. The number of carbonyl (C=O) groups is 1. The van der Waals surface area contributed by atoms with Gasteiger partial charge in [0.15, 0.2) is 11.9 Å². The zero-order chi connectivity index (χ0) is 22.1. The fraction of sp³-hybridized carbons (Fsp3) is 0.476. The summed E-state index contributed by atoms with van der Waals surface area (Å²) in [5, 5.41) is 0.608. The number of H-pyrrole nitrogens is 1. The van der Waals surface area contributed by atoms with Gasteiger partial charge in [0, 0.05) is 30.2 Å². The molecule has 0 radical (unpaired) electrons. The molecular weight excluding hydrogens is 418 g/mol. The Morgan fingerprint density at radius 1 is 1.29 bits per heavy atom. The first kappa shape index (κ1) is 21.2. The van der Waals surface area contributed by atoms with E-state index in [2.05, 4.69) is 19.9 Å². The molecule has 0 amide bonds. The summed E-state index contributed by atoms with van der Waals surface area (Å²) >= 11 is 1.47. The predicted molar refractivity (Wildman–Crippen MR) is 118 cm³/mol. The van der Waals surface area contributed by atoms with Gasteiger partial charge in [0.25, 0.3) is 5.56 Å². The lowest BCUT2D eigenvalue weighted by Crippen LogP contribution is -2.38. The summed E-state index contributed by atoms with van der Waals surface area (Å²) in [4.78, 5) is 44.9. The van der Waals surface area contributed by atoms with Crippen LogP contribution in [0.1, 0.15) is 42.1 Å². The van der Waals surface area contributed by atoms with Crippen LogP contribution in [0.3, 0.4) is 0 Å². The number of hydrogen-bond donors (Lipinski definition) is 1. The van der Waals surface area contributed by atoms with Crippen molar-refractivity contribution in [1.82, 2.24) is 19.9 Å². The molecule has 10 heteroatoms. The largest absolute Gasteiger partial charge is 0.481 e. The van der Waals surface area contributed by atoms with Gasteiger partial charge in [-0.3, -0.25) is 9.59 Å². The summed E-state index contributed by atoms with van der Waals surface area (Å²) in [6.07, 6.45) is 2.30. The van der Waals surface area contributed by atoms with Crippen molar-refractivity contribution in [2.45, 2.75) is 39.7 Å². The normalized spacial score (nSPS) is 15.8. The number of rotatable bonds is 5. The highest BCUT2D eigenvalue weighted by atomic mass is 32.1. The maximum atomic E-state index is 12.7. The van der Waals surface area contributed by atoms with Gasteiger partial charge in [0.05, 0.1) is 18.4 Å². The van der Waals surface area contributed by atoms with Crippen LogP contribution >= 0.6 is 11.3 Å². The minimum atomic E-state index is -0.632. The van der Waals surface area contributed by atoms with E-state index in [1.807, 2.05) is 18.7 Å². The molecule has 0 aromatic carbocycles. The monoisotopic (exact) mass is 443 g/mol. The number of thiophene rings is 1. The van der Waals surface area contributed by atoms with Crippen molar-refractivity contribution >= 4 is 33.5 Å². The molecule has 1 fully saturated rings. The summed E-state index contributed by atoms with van der Waals surface area (Å²) < 4.78 is 10.8. The number of aryl methyl sites for hydroxylation is 2. The van der Waals surface area contributed by atoms with Crippen LogP contribution in [-0.4, -0.2) is 46.1 Å². The van der Waals surface area contributed by atoms with Gasteiger partial charge >= 0.3 is 5.97 Å². The molecule has 9 nitrogen and oxygen atoms in total. The van der Waals surface area contributed by atoms with Gasteiger partial charge in [0.2, 0.25) is 11.8 Å². The van der Waals surface area contributed by atoms with Gasteiger partial charge in [-0.15, -0.1) is 11.3 Å². The fourth-order valence-electron chi connectivity index (χ4n) is 3.70. The maximum Gasteiger partial charge on any atom is 0.309 e. The first-order chi connectivity index (χ1) is 14.9. The van der Waals surface area contributed by atoms with E-state index in [9.17, 15) is 9.59 Å². The summed E-state index contributed by atoms with van der Waals surface area (Å²) in [5.41, 5.74) is 0.744. The van der Waals surface area contributed by atoms with Gasteiger partial charge < -0.3 is 19.4 Å². The third-order valence-electron chi connectivity index (χ3n) is 5.67. The zero-order valence-corrected chi connectivity index (χ0v) is 18.8. The number of fused-ring (bicyclic) bond motifs is 1. The van der Waals surface area contributed by atoms with Gasteiger partial charge in [-0.25, -0.2) is 9.97 Å². The first-order valence-electron chi connectivity index (χ1n) is 10.2. The number of aromatic nitrogens is 4. The minimum absolute atomic E-state index is 0.198. The highest BCUT2D eigenvalue weighted by Crippen LogP contribution is 2.28. The first-order valence-corrected chi connectivity index (χ1v) is 11.0. The van der Waals surface area contributed by atoms with Gasteiger partial charge in [-0.2, -0.15) is 4.98 Å². The van der Waals surface area contributed by atoms with E-state index in [1.54, 1.807) is 26.3 Å². The standard InChI is InChI=1S/C21H25N5O4S/c1-11-13(3)31-19-16(11)18(27)24-17(25-19)12(2)30-20(28)14-6-9-26(10-7-14)21-22-8-5-15(23-21)29-4/h5,8,12,14H,6-7,9-10H2,1-4H3,(H,24,25,27). The highest BCUT2D eigenvalue weighted by Gasteiger charge is 2.29. The molecule has 1 aliphatic rings. The van der Waals surface area contributed by atoms with E-state index < -0.39 is 6.10 Å². The number of methoxy groups -OCH3 is 1. The molecule has 0 saturated carbocycles. The summed E-state index contributed by atoms with van der Waals surface area (Å²) in [5.74, 6) is 0.978. The summed E-state index contributed by atoms with van der Waals surface area (Å²) in [7, 11) is 1.57. The van der Waals surface area contributed by atoms with Crippen molar-refractivity contribution in [3.8, 4) is 5.88 Å². The number of anilines is 1. The molecule has 1 aliphatic heterocycles. The van der Waals surface area contributed by atoms with Gasteiger partial charge in [-0.1, -0.05) is 0 Å². The SMILES string of the molecule is COc1ccnc(N2CCC(C(=O)OC(C)c3nc4sc(C)c(C)c4c(=O)[nH]3)CC2)n1. The van der Waals surface area contributed by atoms with Crippen molar-refractivity contribution in [2.24, 2.45) is 5.92 Å². The maximum absolute atomic E-state index is 12.7. The van der Waals surface area contributed by atoms with Crippen LogP contribution in [0.25, 0.3) is 10.2 Å². The lowest BCUT2D eigenvalue weighted by molar-refractivity contribution is -0.154. The Labute approximate surface area is 183 Å². The highest BCUT2D eigenvalue weighted by molar-refractivity contribution is 7.18. The van der Waals surface area contributed by atoms with Crippen LogP contribution < -0.4 is 15.2 Å². The lowest BCUT2D eigenvalue weighted by Gasteiger charge is -2.31.